The Morgan fingerprint density at radius 1 is 1.50 bits per heavy atom. The third-order valence-electron chi connectivity index (χ3n) is 1.99. The van der Waals surface area contributed by atoms with Crippen LogP contribution in [0, 0.1) is 0 Å². The van der Waals surface area contributed by atoms with Crippen LogP contribution in [-0.2, 0) is 0 Å². The van der Waals surface area contributed by atoms with E-state index in [1.165, 1.54) is 0 Å². The Morgan fingerprint density at radius 3 is 3.00 bits per heavy atom. The molecule has 0 atom stereocenters. The molecule has 6 nitrogen and oxygen atoms in total. The van der Waals surface area contributed by atoms with Gasteiger partial charge in [0.05, 0.1) is 5.52 Å². The summed E-state index contributed by atoms with van der Waals surface area (Å²) in [6, 6.07) is 5.00. The molecule has 0 aliphatic carbocycles. The number of anilines is 1. The molecule has 6 N–H and O–H groups in total. The number of H-pyrrole nitrogens is 1. The van der Waals surface area contributed by atoms with E-state index in [9.17, 15) is 4.79 Å². The highest BCUT2D eigenvalue weighted by molar-refractivity contribution is 5.99. The van der Waals surface area contributed by atoms with Crippen molar-refractivity contribution >= 4 is 22.6 Å². The summed E-state index contributed by atoms with van der Waals surface area (Å²) in [7, 11) is 0. The molecule has 14 heavy (non-hydrogen) atoms. The number of carbonyl (C=O) groups is 1. The number of nitrogens with zero attached hydrogens (tertiary/aromatic N) is 1. The molecule has 0 aliphatic rings. The first kappa shape index (κ1) is 8.52. The van der Waals surface area contributed by atoms with Gasteiger partial charge < -0.3 is 5.73 Å². The number of amides is 1. The van der Waals surface area contributed by atoms with Crippen LogP contribution in [0.5, 0.6) is 0 Å². The number of fused-ring (bicyclic) bond motifs is 1. The van der Waals surface area contributed by atoms with E-state index in [4.69, 9.17) is 11.6 Å². The first-order valence-electron chi connectivity index (χ1n) is 3.97. The number of nitrogens with one attached hydrogen (secondary N) is 2. The average molecular weight is 191 g/mol. The normalized spacial score (nSPS) is 10.4. The van der Waals surface area contributed by atoms with Gasteiger partial charge in [0, 0.05) is 10.9 Å². The van der Waals surface area contributed by atoms with Crippen LogP contribution in [0.2, 0.25) is 0 Å². The maximum Gasteiger partial charge on any atom is 0.265 e. The zero-order valence-corrected chi connectivity index (χ0v) is 7.24. The monoisotopic (exact) mass is 191 g/mol. The molecule has 0 saturated carbocycles. The summed E-state index contributed by atoms with van der Waals surface area (Å²) in [6.07, 6.45) is 0. The summed E-state index contributed by atoms with van der Waals surface area (Å²) >= 11 is 0. The quantitative estimate of drug-likeness (QED) is 0.283. The van der Waals surface area contributed by atoms with E-state index in [1.54, 1.807) is 18.2 Å². The van der Waals surface area contributed by atoms with Gasteiger partial charge in [-0.15, -0.1) is 0 Å². The number of nitrogens with two attached hydrogens (primary N) is 2. The highest BCUT2D eigenvalue weighted by Gasteiger charge is 2.07. The van der Waals surface area contributed by atoms with Crippen molar-refractivity contribution in [1.82, 2.24) is 15.6 Å². The van der Waals surface area contributed by atoms with Crippen LogP contribution in [0.25, 0.3) is 10.9 Å². The molecule has 0 aliphatic heterocycles. The minimum Gasteiger partial charge on any atom is -0.382 e. The fraction of sp³-hybridized carbons (Fsp3) is 0. The molecule has 1 amide bonds. The summed E-state index contributed by atoms with van der Waals surface area (Å²) in [5.41, 5.74) is 8.87. The topological polar surface area (TPSA) is 110 Å². The zero-order valence-electron chi connectivity index (χ0n) is 7.24. The van der Waals surface area contributed by atoms with E-state index >= 15 is 0 Å². The van der Waals surface area contributed by atoms with E-state index in [2.05, 4.69) is 10.2 Å². The van der Waals surface area contributed by atoms with Gasteiger partial charge in [-0.2, -0.15) is 5.10 Å². The Balaban J connectivity index is 2.60. The standard InChI is InChI=1S/C8H9N5O/c9-7-5-3-4(8(14)11-10)1-2-6(5)12-13-7/h1-3H,10H2,(H,11,14)(H3,9,12,13). The number of hydrazine groups is 1. The van der Waals surface area contributed by atoms with Crippen LogP contribution in [-0.4, -0.2) is 16.1 Å². The minimum absolute atomic E-state index is 0.354. The van der Waals surface area contributed by atoms with Gasteiger partial charge in [-0.3, -0.25) is 15.3 Å². The van der Waals surface area contributed by atoms with Crippen molar-refractivity contribution in [2.75, 3.05) is 5.73 Å². The lowest BCUT2D eigenvalue weighted by atomic mass is 10.1. The first-order valence-corrected chi connectivity index (χ1v) is 3.97. The number of aromatic nitrogens is 2. The second-order valence-corrected chi connectivity index (χ2v) is 2.84. The van der Waals surface area contributed by atoms with Gasteiger partial charge >= 0.3 is 0 Å². The van der Waals surface area contributed by atoms with Gasteiger partial charge in [-0.05, 0) is 18.2 Å². The van der Waals surface area contributed by atoms with E-state index < -0.39 is 0 Å². The molecule has 0 saturated heterocycles. The summed E-state index contributed by atoms with van der Waals surface area (Å²) in [5, 5.41) is 7.26. The molecule has 1 heterocycles. The Hall–Kier alpha value is -2.08. The third kappa shape index (κ3) is 1.17. The van der Waals surface area contributed by atoms with Crippen molar-refractivity contribution < 1.29 is 4.79 Å². The summed E-state index contributed by atoms with van der Waals surface area (Å²) in [6.45, 7) is 0. The van der Waals surface area contributed by atoms with Crippen LogP contribution in [0.15, 0.2) is 18.2 Å². The zero-order chi connectivity index (χ0) is 10.1. The van der Waals surface area contributed by atoms with Gasteiger partial charge in [-0.1, -0.05) is 0 Å². The van der Waals surface area contributed by atoms with Crippen LogP contribution in [0.3, 0.4) is 0 Å². The van der Waals surface area contributed by atoms with Crippen molar-refractivity contribution in [2.45, 2.75) is 0 Å². The van der Waals surface area contributed by atoms with Crippen LogP contribution in [0.1, 0.15) is 10.4 Å². The molecule has 0 unspecified atom stereocenters. The smallest absolute Gasteiger partial charge is 0.265 e. The van der Waals surface area contributed by atoms with Crippen LogP contribution >= 0.6 is 0 Å². The van der Waals surface area contributed by atoms with E-state index in [1.807, 2.05) is 5.43 Å². The van der Waals surface area contributed by atoms with Crippen molar-refractivity contribution in [2.24, 2.45) is 5.84 Å². The summed E-state index contributed by atoms with van der Waals surface area (Å²) in [5.74, 6) is 5.02. The van der Waals surface area contributed by atoms with Crippen molar-refractivity contribution in [3.63, 3.8) is 0 Å². The first-order chi connectivity index (χ1) is 6.72. The van der Waals surface area contributed by atoms with E-state index in [0.29, 0.717) is 16.8 Å². The molecule has 0 radical (unpaired) electrons. The lowest BCUT2D eigenvalue weighted by molar-refractivity contribution is 0.0954. The lowest BCUT2D eigenvalue weighted by Gasteiger charge is -1.98. The minimum atomic E-state index is -0.354. The van der Waals surface area contributed by atoms with Crippen molar-refractivity contribution in [3.05, 3.63) is 23.8 Å². The second kappa shape index (κ2) is 3.00. The Bertz CT molecular complexity index is 489. The molecular formula is C8H9N5O. The van der Waals surface area contributed by atoms with Gasteiger partial charge in [0.15, 0.2) is 5.82 Å². The molecule has 2 aromatic rings. The highest BCUT2D eigenvalue weighted by Crippen LogP contribution is 2.18. The third-order valence-corrected chi connectivity index (χ3v) is 1.99. The SMILES string of the molecule is NNC(=O)c1ccc2[nH]nc(N)c2c1. The number of hydrogen-bond acceptors (Lipinski definition) is 4. The highest BCUT2D eigenvalue weighted by atomic mass is 16.2. The Kier molecular flexibility index (Phi) is 1.83. The average Bonchev–Trinajstić information content (AvgIpc) is 2.59. The van der Waals surface area contributed by atoms with Crippen molar-refractivity contribution in [3.8, 4) is 0 Å². The molecule has 0 fully saturated rings. The van der Waals surface area contributed by atoms with Gasteiger partial charge in [0.1, 0.15) is 0 Å². The summed E-state index contributed by atoms with van der Waals surface area (Å²) in [4.78, 5) is 11.2. The summed E-state index contributed by atoms with van der Waals surface area (Å²) < 4.78 is 0. The number of benzene rings is 1. The predicted molar refractivity (Wildman–Crippen MR) is 52.2 cm³/mol. The Morgan fingerprint density at radius 2 is 2.29 bits per heavy atom. The number of nitrogen functional groups attached to an aromatic ring is 2. The Labute approximate surface area is 79.2 Å². The maximum atomic E-state index is 11.2. The van der Waals surface area contributed by atoms with E-state index in [-0.39, 0.29) is 5.91 Å². The molecule has 1 aromatic heterocycles. The molecule has 0 bridgehead atoms. The molecule has 1 aromatic carbocycles. The molecule has 72 valence electrons. The molecular weight excluding hydrogens is 182 g/mol. The maximum absolute atomic E-state index is 11.2. The molecule has 0 spiro atoms. The fourth-order valence-electron chi connectivity index (χ4n) is 1.26. The van der Waals surface area contributed by atoms with Gasteiger partial charge in [0.2, 0.25) is 0 Å². The molecule has 6 heteroatoms. The number of aromatic amines is 1. The fourth-order valence-corrected chi connectivity index (χ4v) is 1.26. The van der Waals surface area contributed by atoms with Crippen LogP contribution < -0.4 is 17.0 Å². The molecule has 2 rings (SSSR count). The van der Waals surface area contributed by atoms with Gasteiger partial charge in [0.25, 0.3) is 5.91 Å². The second-order valence-electron chi connectivity index (χ2n) is 2.84. The largest absolute Gasteiger partial charge is 0.382 e. The van der Waals surface area contributed by atoms with Gasteiger partial charge in [-0.25, -0.2) is 5.84 Å². The predicted octanol–water partition coefficient (Wildman–Crippen LogP) is -0.251. The number of rotatable bonds is 1. The lowest BCUT2D eigenvalue weighted by Crippen LogP contribution is -2.29. The van der Waals surface area contributed by atoms with E-state index in [0.717, 1.165) is 5.52 Å². The number of hydrogen-bond donors (Lipinski definition) is 4. The number of carbonyl (C=O) groups excluding carboxylic acids is 1. The van der Waals surface area contributed by atoms with Crippen molar-refractivity contribution in [1.29, 1.82) is 0 Å². The van der Waals surface area contributed by atoms with Crippen LogP contribution in [0.4, 0.5) is 5.82 Å².